The van der Waals surface area contributed by atoms with Crippen LogP contribution in [0.3, 0.4) is 0 Å². The molecule has 1 aliphatic carbocycles. The van der Waals surface area contributed by atoms with Crippen LogP contribution in [0.5, 0.6) is 5.75 Å². The molecule has 38 heavy (non-hydrogen) atoms. The van der Waals surface area contributed by atoms with E-state index in [-0.39, 0.29) is 18.3 Å². The Labute approximate surface area is 230 Å². The first-order valence-corrected chi connectivity index (χ1v) is 14.4. The Hall–Kier alpha value is -3.61. The van der Waals surface area contributed by atoms with E-state index in [9.17, 15) is 10.1 Å². The average molecular weight is 544 g/mol. The Kier molecular flexibility index (Phi) is 7.82. The van der Waals surface area contributed by atoms with E-state index in [2.05, 4.69) is 21.6 Å². The van der Waals surface area contributed by atoms with Crippen molar-refractivity contribution in [1.82, 2.24) is 14.8 Å². The number of ether oxygens (including phenoxy) is 1. The van der Waals surface area contributed by atoms with E-state index in [1.54, 1.807) is 0 Å². The van der Waals surface area contributed by atoms with Gasteiger partial charge in [0.1, 0.15) is 23.4 Å². The average Bonchev–Trinajstić information content (AvgIpc) is 3.48. The third-order valence-corrected chi connectivity index (χ3v) is 8.75. The molecule has 0 atom stereocenters. The van der Waals surface area contributed by atoms with Gasteiger partial charge in [0.05, 0.1) is 11.3 Å². The minimum atomic E-state index is -0.170. The number of nitrogens with one attached hydrogen (secondary N) is 1. The molecule has 7 nitrogen and oxygen atoms in total. The molecule has 5 rings (SSSR count). The molecule has 0 saturated heterocycles. The second-order valence-corrected chi connectivity index (χ2v) is 11.5. The second kappa shape index (κ2) is 11.4. The quantitative estimate of drug-likeness (QED) is 0.262. The van der Waals surface area contributed by atoms with Gasteiger partial charge in [-0.2, -0.15) is 5.26 Å². The highest BCUT2D eigenvalue weighted by molar-refractivity contribution is 7.99. The molecule has 2 aromatic heterocycles. The van der Waals surface area contributed by atoms with Gasteiger partial charge in [0.25, 0.3) is 0 Å². The molecule has 2 heterocycles. The van der Waals surface area contributed by atoms with Crippen molar-refractivity contribution < 1.29 is 9.53 Å². The van der Waals surface area contributed by atoms with Crippen LogP contribution in [-0.2, 0) is 24.2 Å². The summed E-state index contributed by atoms with van der Waals surface area (Å²) >= 11 is 2.85. The number of rotatable bonds is 8. The zero-order valence-electron chi connectivity index (χ0n) is 21.7. The topological polar surface area (TPSA) is 92.8 Å². The summed E-state index contributed by atoms with van der Waals surface area (Å²) in [6.45, 7) is 6.33. The van der Waals surface area contributed by atoms with Crippen LogP contribution in [0, 0.1) is 32.1 Å². The molecular formula is C29H29N5O2S2. The Balaban J connectivity index is 1.34. The number of carbonyl (C=O) groups excluding carboxylic acids is 1. The summed E-state index contributed by atoms with van der Waals surface area (Å²) in [7, 11) is 0. The van der Waals surface area contributed by atoms with Gasteiger partial charge in [-0.15, -0.1) is 21.5 Å². The summed E-state index contributed by atoms with van der Waals surface area (Å²) < 4.78 is 8.12. The van der Waals surface area contributed by atoms with Crippen LogP contribution in [0.25, 0.3) is 5.69 Å². The van der Waals surface area contributed by atoms with Crippen LogP contribution >= 0.6 is 23.1 Å². The smallest absolute Gasteiger partial charge is 0.235 e. The molecule has 0 saturated carbocycles. The molecule has 4 aromatic rings. The number of carbonyl (C=O) groups is 1. The molecule has 1 N–H and O–H groups in total. The molecule has 0 bridgehead atoms. The summed E-state index contributed by atoms with van der Waals surface area (Å²) in [6, 6.07) is 16.5. The first-order chi connectivity index (χ1) is 18.4. The Morgan fingerprint density at radius 1 is 1.11 bits per heavy atom. The zero-order valence-corrected chi connectivity index (χ0v) is 23.3. The van der Waals surface area contributed by atoms with Gasteiger partial charge in [-0.3, -0.25) is 9.36 Å². The number of hydrogen-bond acceptors (Lipinski definition) is 7. The van der Waals surface area contributed by atoms with Crippen molar-refractivity contribution in [2.45, 2.75) is 58.2 Å². The SMILES string of the molecule is Cc1ccc(-n2c(COc3c(C)cccc3C)nnc2SCC(=O)Nc2sc3c(c2C#N)CCCC3)cc1. The van der Waals surface area contributed by atoms with E-state index in [1.165, 1.54) is 28.0 Å². The standard InChI is InChI=1S/C29H29N5O2S2/c1-18-11-13-21(14-12-18)34-25(16-36-27-19(2)7-6-8-20(27)3)32-33-29(34)37-17-26(35)31-28-23(15-30)22-9-4-5-10-24(22)38-28/h6-8,11-14H,4-5,9-10,16-17H2,1-3H3,(H,31,35). The number of nitriles is 1. The van der Waals surface area contributed by atoms with Gasteiger partial charge in [-0.05, 0) is 75.3 Å². The number of thioether (sulfide) groups is 1. The lowest BCUT2D eigenvalue weighted by atomic mass is 9.96. The van der Waals surface area contributed by atoms with Gasteiger partial charge >= 0.3 is 0 Å². The lowest BCUT2D eigenvalue weighted by molar-refractivity contribution is -0.113. The normalized spacial score (nSPS) is 12.6. The van der Waals surface area contributed by atoms with E-state index in [0.717, 1.165) is 59.4 Å². The number of benzene rings is 2. The molecule has 0 fully saturated rings. The number of aromatic nitrogens is 3. The highest BCUT2D eigenvalue weighted by Crippen LogP contribution is 2.37. The molecule has 9 heteroatoms. The zero-order chi connectivity index (χ0) is 26.6. The summed E-state index contributed by atoms with van der Waals surface area (Å²) in [5.41, 5.74) is 5.91. The fraction of sp³-hybridized carbons (Fsp3) is 0.310. The van der Waals surface area contributed by atoms with Crippen LogP contribution in [0.15, 0.2) is 47.6 Å². The van der Waals surface area contributed by atoms with Gasteiger partial charge in [-0.1, -0.05) is 47.7 Å². The maximum absolute atomic E-state index is 12.9. The van der Waals surface area contributed by atoms with Gasteiger partial charge < -0.3 is 10.1 Å². The minimum Gasteiger partial charge on any atom is -0.485 e. The largest absolute Gasteiger partial charge is 0.485 e. The summed E-state index contributed by atoms with van der Waals surface area (Å²) in [5, 5.41) is 22.8. The van der Waals surface area contributed by atoms with Crippen molar-refractivity contribution >= 4 is 34.0 Å². The summed E-state index contributed by atoms with van der Waals surface area (Å²) in [5.74, 6) is 1.47. The van der Waals surface area contributed by atoms with Crippen molar-refractivity contribution in [3.05, 3.63) is 81.0 Å². The Morgan fingerprint density at radius 2 is 1.84 bits per heavy atom. The predicted molar refractivity (Wildman–Crippen MR) is 151 cm³/mol. The Bertz CT molecular complexity index is 1490. The van der Waals surface area contributed by atoms with E-state index in [0.29, 0.717) is 21.5 Å². The van der Waals surface area contributed by atoms with E-state index < -0.39 is 0 Å². The van der Waals surface area contributed by atoms with Gasteiger partial charge in [0.15, 0.2) is 11.0 Å². The number of fused-ring (bicyclic) bond motifs is 1. The van der Waals surface area contributed by atoms with Crippen LogP contribution in [0.4, 0.5) is 5.00 Å². The fourth-order valence-corrected chi connectivity index (χ4v) is 6.70. The highest BCUT2D eigenvalue weighted by Gasteiger charge is 2.23. The molecule has 0 aliphatic heterocycles. The minimum absolute atomic E-state index is 0.148. The summed E-state index contributed by atoms with van der Waals surface area (Å²) in [6.07, 6.45) is 4.11. The van der Waals surface area contributed by atoms with E-state index in [4.69, 9.17) is 4.74 Å². The molecule has 0 spiro atoms. The third-order valence-electron chi connectivity index (χ3n) is 6.62. The Morgan fingerprint density at radius 3 is 2.58 bits per heavy atom. The number of thiophene rings is 1. The van der Waals surface area contributed by atoms with Crippen molar-refractivity contribution in [2.75, 3.05) is 11.1 Å². The van der Waals surface area contributed by atoms with Crippen molar-refractivity contribution in [2.24, 2.45) is 0 Å². The van der Waals surface area contributed by atoms with Gasteiger partial charge in [-0.25, -0.2) is 0 Å². The van der Waals surface area contributed by atoms with Crippen molar-refractivity contribution in [3.63, 3.8) is 0 Å². The van der Waals surface area contributed by atoms with Crippen molar-refractivity contribution in [1.29, 1.82) is 5.26 Å². The lowest BCUT2D eigenvalue weighted by Gasteiger charge is -2.14. The molecule has 0 unspecified atom stereocenters. The number of nitrogens with zero attached hydrogens (tertiary/aromatic N) is 4. The van der Waals surface area contributed by atoms with E-state index in [1.807, 2.05) is 67.8 Å². The monoisotopic (exact) mass is 543 g/mol. The molecule has 2 aromatic carbocycles. The van der Waals surface area contributed by atoms with Crippen LogP contribution in [0.1, 0.15) is 51.4 Å². The third kappa shape index (κ3) is 5.47. The van der Waals surface area contributed by atoms with Crippen LogP contribution < -0.4 is 10.1 Å². The number of hydrogen-bond donors (Lipinski definition) is 1. The van der Waals surface area contributed by atoms with Gasteiger partial charge in [0.2, 0.25) is 5.91 Å². The molecule has 1 amide bonds. The highest BCUT2D eigenvalue weighted by atomic mass is 32.2. The first-order valence-electron chi connectivity index (χ1n) is 12.6. The number of aryl methyl sites for hydroxylation is 4. The first kappa shape index (κ1) is 26.0. The van der Waals surface area contributed by atoms with Crippen LogP contribution in [0.2, 0.25) is 0 Å². The molecular weight excluding hydrogens is 514 g/mol. The summed E-state index contributed by atoms with van der Waals surface area (Å²) in [4.78, 5) is 14.2. The molecule has 1 aliphatic rings. The second-order valence-electron chi connectivity index (χ2n) is 9.44. The van der Waals surface area contributed by atoms with Crippen LogP contribution in [-0.4, -0.2) is 26.4 Å². The van der Waals surface area contributed by atoms with Crippen molar-refractivity contribution in [3.8, 4) is 17.5 Å². The number of anilines is 1. The maximum Gasteiger partial charge on any atom is 0.235 e. The molecule has 0 radical (unpaired) electrons. The van der Waals surface area contributed by atoms with Gasteiger partial charge in [0, 0.05) is 10.6 Å². The maximum atomic E-state index is 12.9. The van der Waals surface area contributed by atoms with E-state index >= 15 is 0 Å². The predicted octanol–water partition coefficient (Wildman–Crippen LogP) is 6.31. The number of para-hydroxylation sites is 1. The molecule has 194 valence electrons. The lowest BCUT2D eigenvalue weighted by Crippen LogP contribution is -2.15. The fourth-order valence-electron chi connectivity index (χ4n) is 4.67. The number of amides is 1.